The molecule has 0 aromatic heterocycles. The first-order chi connectivity index (χ1) is 8.75. The van der Waals surface area contributed by atoms with E-state index in [0.717, 1.165) is 32.4 Å². The second-order valence-corrected chi connectivity index (χ2v) is 5.97. The standard InChI is InChI=1S/C14H22N2O2/c17-13-10-15(9-11-5-1-2-6-11)14(18)12-7-3-4-8-16(12)13/h11-12H,1-10H2. The van der Waals surface area contributed by atoms with E-state index in [4.69, 9.17) is 0 Å². The predicted octanol–water partition coefficient (Wildman–Crippen LogP) is 1.40. The molecule has 1 atom stereocenters. The molecule has 0 spiro atoms. The van der Waals surface area contributed by atoms with Crippen LogP contribution in [0.3, 0.4) is 0 Å². The molecule has 2 aliphatic heterocycles. The van der Waals surface area contributed by atoms with Crippen molar-refractivity contribution in [1.82, 2.24) is 9.80 Å². The van der Waals surface area contributed by atoms with Crippen LogP contribution >= 0.6 is 0 Å². The molecule has 2 saturated heterocycles. The van der Waals surface area contributed by atoms with Crippen molar-refractivity contribution in [2.45, 2.75) is 51.0 Å². The summed E-state index contributed by atoms with van der Waals surface area (Å²) in [6.07, 6.45) is 8.03. The predicted molar refractivity (Wildman–Crippen MR) is 67.9 cm³/mol. The highest BCUT2D eigenvalue weighted by Crippen LogP contribution is 2.28. The van der Waals surface area contributed by atoms with Crippen molar-refractivity contribution in [3.8, 4) is 0 Å². The van der Waals surface area contributed by atoms with E-state index in [2.05, 4.69) is 0 Å². The van der Waals surface area contributed by atoms with Crippen LogP contribution in [0.15, 0.2) is 0 Å². The molecule has 100 valence electrons. The van der Waals surface area contributed by atoms with E-state index in [-0.39, 0.29) is 17.9 Å². The maximum absolute atomic E-state index is 12.4. The molecule has 4 nitrogen and oxygen atoms in total. The van der Waals surface area contributed by atoms with Gasteiger partial charge >= 0.3 is 0 Å². The minimum absolute atomic E-state index is 0.138. The number of amides is 2. The Balaban J connectivity index is 1.68. The minimum Gasteiger partial charge on any atom is -0.331 e. The summed E-state index contributed by atoms with van der Waals surface area (Å²) >= 11 is 0. The summed E-state index contributed by atoms with van der Waals surface area (Å²) in [5.74, 6) is 1.01. The minimum atomic E-state index is -0.138. The van der Waals surface area contributed by atoms with Crippen LogP contribution in [0.2, 0.25) is 0 Å². The molecule has 0 N–H and O–H groups in total. The average Bonchev–Trinajstić information content (AvgIpc) is 2.89. The van der Waals surface area contributed by atoms with E-state index >= 15 is 0 Å². The number of rotatable bonds is 2. The zero-order valence-corrected chi connectivity index (χ0v) is 10.9. The number of fused-ring (bicyclic) bond motifs is 1. The van der Waals surface area contributed by atoms with Crippen LogP contribution in [0.1, 0.15) is 44.9 Å². The summed E-state index contributed by atoms with van der Waals surface area (Å²) in [5, 5.41) is 0. The fourth-order valence-corrected chi connectivity index (χ4v) is 3.69. The summed E-state index contributed by atoms with van der Waals surface area (Å²) in [6, 6.07) is -0.138. The van der Waals surface area contributed by atoms with Gasteiger partial charge < -0.3 is 9.80 Å². The molecule has 18 heavy (non-hydrogen) atoms. The largest absolute Gasteiger partial charge is 0.331 e. The van der Waals surface area contributed by atoms with E-state index < -0.39 is 0 Å². The third-order valence-corrected chi connectivity index (χ3v) is 4.70. The van der Waals surface area contributed by atoms with E-state index in [9.17, 15) is 9.59 Å². The maximum atomic E-state index is 12.4. The van der Waals surface area contributed by atoms with Crippen molar-refractivity contribution in [1.29, 1.82) is 0 Å². The first kappa shape index (κ1) is 12.0. The van der Waals surface area contributed by atoms with Crippen molar-refractivity contribution in [2.75, 3.05) is 19.6 Å². The molecule has 3 rings (SSSR count). The first-order valence-corrected chi connectivity index (χ1v) is 7.34. The smallest absolute Gasteiger partial charge is 0.245 e. The number of hydrogen-bond acceptors (Lipinski definition) is 2. The summed E-state index contributed by atoms with van der Waals surface area (Å²) in [4.78, 5) is 28.2. The van der Waals surface area contributed by atoms with Gasteiger partial charge in [-0.3, -0.25) is 9.59 Å². The van der Waals surface area contributed by atoms with Gasteiger partial charge in [-0.05, 0) is 38.0 Å². The fourth-order valence-electron chi connectivity index (χ4n) is 3.69. The van der Waals surface area contributed by atoms with E-state index in [1.807, 2.05) is 9.80 Å². The van der Waals surface area contributed by atoms with Gasteiger partial charge in [-0.2, -0.15) is 0 Å². The lowest BCUT2D eigenvalue weighted by molar-refractivity contribution is -0.158. The number of nitrogens with zero attached hydrogens (tertiary/aromatic N) is 2. The van der Waals surface area contributed by atoms with Gasteiger partial charge in [0.25, 0.3) is 0 Å². The highest BCUT2D eigenvalue weighted by molar-refractivity contribution is 5.95. The number of carbonyl (C=O) groups is 2. The van der Waals surface area contributed by atoms with Crippen molar-refractivity contribution >= 4 is 11.8 Å². The third-order valence-electron chi connectivity index (χ3n) is 4.70. The van der Waals surface area contributed by atoms with Gasteiger partial charge in [-0.25, -0.2) is 0 Å². The normalized spacial score (nSPS) is 29.9. The molecule has 1 saturated carbocycles. The van der Waals surface area contributed by atoms with Gasteiger partial charge in [0, 0.05) is 13.1 Å². The van der Waals surface area contributed by atoms with E-state index in [1.54, 1.807) is 0 Å². The number of carbonyl (C=O) groups excluding carboxylic acids is 2. The zero-order chi connectivity index (χ0) is 12.5. The van der Waals surface area contributed by atoms with Crippen LogP contribution < -0.4 is 0 Å². The monoisotopic (exact) mass is 250 g/mol. The highest BCUT2D eigenvalue weighted by Gasteiger charge is 2.40. The molecule has 0 aromatic carbocycles. The molecule has 3 aliphatic rings. The Morgan fingerprint density at radius 2 is 1.72 bits per heavy atom. The first-order valence-electron chi connectivity index (χ1n) is 7.34. The molecule has 2 heterocycles. The molecule has 1 aliphatic carbocycles. The van der Waals surface area contributed by atoms with Gasteiger partial charge in [0.15, 0.2) is 0 Å². The number of piperidine rings is 1. The van der Waals surface area contributed by atoms with Crippen LogP contribution in [0.25, 0.3) is 0 Å². The van der Waals surface area contributed by atoms with Crippen LogP contribution in [0.4, 0.5) is 0 Å². The van der Waals surface area contributed by atoms with Crippen molar-refractivity contribution in [2.24, 2.45) is 5.92 Å². The second kappa shape index (κ2) is 4.90. The van der Waals surface area contributed by atoms with Crippen molar-refractivity contribution in [3.63, 3.8) is 0 Å². The van der Waals surface area contributed by atoms with Gasteiger partial charge in [0.05, 0.1) is 6.54 Å². The lowest BCUT2D eigenvalue weighted by Gasteiger charge is -2.43. The van der Waals surface area contributed by atoms with Gasteiger partial charge in [-0.15, -0.1) is 0 Å². The van der Waals surface area contributed by atoms with Crippen molar-refractivity contribution in [3.05, 3.63) is 0 Å². The molecule has 0 bridgehead atoms. The summed E-state index contributed by atoms with van der Waals surface area (Å²) in [7, 11) is 0. The molecule has 2 amide bonds. The Bertz CT molecular complexity index is 350. The fraction of sp³-hybridized carbons (Fsp3) is 0.857. The van der Waals surface area contributed by atoms with Crippen LogP contribution in [-0.2, 0) is 9.59 Å². The Kier molecular flexibility index (Phi) is 3.27. The van der Waals surface area contributed by atoms with Gasteiger partial charge in [0.2, 0.25) is 11.8 Å². The SMILES string of the molecule is O=C1C2CCCCN2C(=O)CN1CC1CCCC1. The molecule has 3 fully saturated rings. The lowest BCUT2D eigenvalue weighted by Crippen LogP contribution is -2.61. The summed E-state index contributed by atoms with van der Waals surface area (Å²) in [5.41, 5.74) is 0. The third kappa shape index (κ3) is 2.13. The highest BCUT2D eigenvalue weighted by atomic mass is 16.2. The molecule has 4 heteroatoms. The van der Waals surface area contributed by atoms with E-state index in [1.165, 1.54) is 25.7 Å². The Labute approximate surface area is 108 Å². The van der Waals surface area contributed by atoms with E-state index in [0.29, 0.717) is 12.5 Å². The Morgan fingerprint density at radius 3 is 2.50 bits per heavy atom. The number of hydrogen-bond donors (Lipinski definition) is 0. The van der Waals surface area contributed by atoms with Crippen LogP contribution in [0, 0.1) is 5.92 Å². The van der Waals surface area contributed by atoms with Gasteiger partial charge in [0.1, 0.15) is 6.04 Å². The molecule has 0 radical (unpaired) electrons. The Morgan fingerprint density at radius 1 is 1.00 bits per heavy atom. The maximum Gasteiger partial charge on any atom is 0.245 e. The molecular formula is C14H22N2O2. The topological polar surface area (TPSA) is 40.6 Å². The Hall–Kier alpha value is -1.06. The zero-order valence-electron chi connectivity index (χ0n) is 10.9. The van der Waals surface area contributed by atoms with Gasteiger partial charge in [-0.1, -0.05) is 12.8 Å². The van der Waals surface area contributed by atoms with Crippen LogP contribution in [-0.4, -0.2) is 47.3 Å². The molecule has 0 aromatic rings. The molecular weight excluding hydrogens is 228 g/mol. The quantitative estimate of drug-likeness (QED) is 0.743. The summed E-state index contributed by atoms with van der Waals surface area (Å²) < 4.78 is 0. The second-order valence-electron chi connectivity index (χ2n) is 5.97. The van der Waals surface area contributed by atoms with Crippen LogP contribution in [0.5, 0.6) is 0 Å². The summed E-state index contributed by atoms with van der Waals surface area (Å²) in [6.45, 7) is 1.92. The average molecular weight is 250 g/mol. The molecule has 1 unspecified atom stereocenters. The lowest BCUT2D eigenvalue weighted by atomic mass is 9.97. The van der Waals surface area contributed by atoms with Crippen molar-refractivity contribution < 1.29 is 9.59 Å². The number of piperazine rings is 1.